The van der Waals surface area contributed by atoms with Crippen molar-refractivity contribution in [3.05, 3.63) is 58.5 Å². The molecule has 0 aliphatic carbocycles. The smallest absolute Gasteiger partial charge is 0.358 e. The number of carbonyl (C=O) groups is 4. The number of rotatable bonds is 11. The first-order chi connectivity index (χ1) is 20.2. The zero-order chi connectivity index (χ0) is 30.4. The van der Waals surface area contributed by atoms with E-state index in [1.54, 1.807) is 30.6 Å². The Morgan fingerprint density at radius 3 is 2.67 bits per heavy atom. The maximum absolute atomic E-state index is 13.4. The molecule has 0 saturated carbocycles. The molecule has 0 spiro atoms. The fourth-order valence-electron chi connectivity index (χ4n) is 4.36. The van der Waals surface area contributed by atoms with Gasteiger partial charge in [-0.05, 0) is 30.0 Å². The number of aromatic nitrogens is 2. The lowest BCUT2D eigenvalue weighted by atomic mass is 10.0. The van der Waals surface area contributed by atoms with E-state index in [1.807, 2.05) is 19.9 Å². The summed E-state index contributed by atoms with van der Waals surface area (Å²) in [6.45, 7) is 5.16. The third-order valence-corrected chi connectivity index (χ3v) is 8.57. The second kappa shape index (κ2) is 13.6. The first kappa shape index (κ1) is 30.7. The number of allylic oxidation sites excluding steroid dienone is 1. The zero-order valence-corrected chi connectivity index (χ0v) is 24.7. The molecule has 0 radical (unpaired) electrons. The first-order valence-corrected chi connectivity index (χ1v) is 15.0. The van der Waals surface area contributed by atoms with Crippen molar-refractivity contribution in [3.8, 4) is 0 Å². The van der Waals surface area contributed by atoms with Gasteiger partial charge in [0.15, 0.2) is 10.8 Å². The van der Waals surface area contributed by atoms with Crippen LogP contribution in [-0.4, -0.2) is 73.0 Å². The van der Waals surface area contributed by atoms with Crippen LogP contribution >= 0.6 is 23.1 Å². The highest BCUT2D eigenvalue weighted by atomic mass is 32.2. The lowest BCUT2D eigenvalue weighted by Crippen LogP contribution is -2.71. The van der Waals surface area contributed by atoms with Gasteiger partial charge in [-0.1, -0.05) is 37.2 Å². The van der Waals surface area contributed by atoms with Gasteiger partial charge in [0.2, 0.25) is 6.29 Å². The molecule has 4 N–H and O–H groups in total. The molecule has 222 valence electrons. The van der Waals surface area contributed by atoms with E-state index in [1.165, 1.54) is 29.0 Å². The molecule has 2 aliphatic heterocycles. The van der Waals surface area contributed by atoms with Gasteiger partial charge in [-0.25, -0.2) is 9.78 Å². The number of amides is 2. The summed E-state index contributed by atoms with van der Waals surface area (Å²) >= 11 is 2.38. The minimum absolute atomic E-state index is 0.0249. The van der Waals surface area contributed by atoms with Crippen LogP contribution in [0.2, 0.25) is 0 Å². The van der Waals surface area contributed by atoms with E-state index >= 15 is 0 Å². The number of nitrogen functional groups attached to an aromatic ring is 1. The number of carbonyl (C=O) groups excluding carboxylic acids is 4. The van der Waals surface area contributed by atoms with Crippen LogP contribution in [0.3, 0.4) is 0 Å². The third-order valence-electron chi connectivity index (χ3n) is 6.59. The Labute approximate surface area is 249 Å². The van der Waals surface area contributed by atoms with Gasteiger partial charge in [0.1, 0.15) is 22.8 Å². The number of hydrogen-bond acceptors (Lipinski definition) is 13. The largest absolute Gasteiger partial charge is 0.425 e. The number of thiazole rings is 1. The number of nitrogens with one attached hydrogen (secondary N) is 1. The van der Waals surface area contributed by atoms with E-state index in [9.17, 15) is 24.4 Å². The molecule has 1 fully saturated rings. The molecular formula is C27H30N6O7S2. The Hall–Kier alpha value is -4.24. The summed E-state index contributed by atoms with van der Waals surface area (Å²) in [6.07, 6.45) is 6.68. The van der Waals surface area contributed by atoms with E-state index in [2.05, 4.69) is 20.4 Å². The molecule has 1 saturated heterocycles. The standard InChI is InChI=1S/C27H30N6O7S2/c1-4-16(5-2)25(36)39-14(3)40-26(37)21-17(9-8-15-7-6-10-29-11-15)12-41-24-20(23(35)33(21)24)31-22(34)19(32-38)18-13-42-27(28)30-18/h6-11,13-14,16,20,24,38H,4-5,12H2,1-3H3,(H2,28,30)(H,31,34)/b9-8-,32-19?/t14?,20-,24-/m1/s1. The van der Waals surface area contributed by atoms with Crippen LogP contribution in [0, 0.1) is 5.92 Å². The van der Waals surface area contributed by atoms with Gasteiger partial charge < -0.3 is 25.7 Å². The summed E-state index contributed by atoms with van der Waals surface area (Å²) in [7, 11) is 0. The normalized spacial score (nSPS) is 19.4. The number of hydrogen-bond donors (Lipinski definition) is 3. The molecule has 2 aromatic rings. The van der Waals surface area contributed by atoms with Crippen LogP contribution in [0.15, 0.2) is 52.4 Å². The van der Waals surface area contributed by atoms with Crippen molar-refractivity contribution in [3.63, 3.8) is 0 Å². The Morgan fingerprint density at radius 1 is 1.29 bits per heavy atom. The lowest BCUT2D eigenvalue weighted by Gasteiger charge is -2.49. The number of fused-ring (bicyclic) bond motifs is 1. The highest BCUT2D eigenvalue weighted by Crippen LogP contribution is 2.41. The molecule has 4 rings (SSSR count). The van der Waals surface area contributed by atoms with Gasteiger partial charge in [-0.15, -0.1) is 23.1 Å². The van der Waals surface area contributed by atoms with Crippen molar-refractivity contribution < 1.29 is 33.9 Å². The predicted molar refractivity (Wildman–Crippen MR) is 156 cm³/mol. The number of anilines is 1. The highest BCUT2D eigenvalue weighted by molar-refractivity contribution is 8.00. The summed E-state index contributed by atoms with van der Waals surface area (Å²) in [4.78, 5) is 61.3. The summed E-state index contributed by atoms with van der Waals surface area (Å²) in [5.41, 5.74) is 6.52. The summed E-state index contributed by atoms with van der Waals surface area (Å²) in [6, 6.07) is 2.57. The average Bonchev–Trinajstić information content (AvgIpc) is 3.41. The number of nitrogens with two attached hydrogens (primary N) is 1. The molecule has 1 unspecified atom stereocenters. The third kappa shape index (κ3) is 6.62. The first-order valence-electron chi connectivity index (χ1n) is 13.1. The van der Waals surface area contributed by atoms with E-state index < -0.39 is 47.2 Å². The van der Waals surface area contributed by atoms with Gasteiger partial charge >= 0.3 is 11.9 Å². The van der Waals surface area contributed by atoms with Gasteiger partial charge in [-0.3, -0.25) is 24.3 Å². The second-order valence-electron chi connectivity index (χ2n) is 9.30. The van der Waals surface area contributed by atoms with Gasteiger partial charge in [0.05, 0.1) is 5.92 Å². The van der Waals surface area contributed by atoms with Crippen LogP contribution in [0.1, 0.15) is 44.9 Å². The Kier molecular flexibility index (Phi) is 9.96. The highest BCUT2D eigenvalue weighted by Gasteiger charge is 2.54. The summed E-state index contributed by atoms with van der Waals surface area (Å²) in [5.74, 6) is -2.77. The number of β-lactam (4-membered cyclic amide) rings is 1. The molecular weight excluding hydrogens is 584 g/mol. The maximum Gasteiger partial charge on any atom is 0.358 e. The van der Waals surface area contributed by atoms with Crippen molar-refractivity contribution >= 4 is 63.8 Å². The Balaban J connectivity index is 1.55. The molecule has 3 atom stereocenters. The Bertz CT molecular complexity index is 1440. The van der Waals surface area contributed by atoms with Gasteiger partial charge in [-0.2, -0.15) is 0 Å². The van der Waals surface area contributed by atoms with E-state index in [-0.39, 0.29) is 22.4 Å². The second-order valence-corrected chi connectivity index (χ2v) is 11.3. The lowest BCUT2D eigenvalue weighted by molar-refractivity contribution is -0.187. The van der Waals surface area contributed by atoms with Crippen molar-refractivity contribution in [2.45, 2.75) is 51.3 Å². The van der Waals surface area contributed by atoms with Crippen molar-refractivity contribution in [1.29, 1.82) is 0 Å². The average molecular weight is 615 g/mol. The quantitative estimate of drug-likeness (QED) is 0.0843. The molecule has 0 bridgehead atoms. The van der Waals surface area contributed by atoms with Crippen LogP contribution in [0.4, 0.5) is 5.13 Å². The molecule has 2 amide bonds. The van der Waals surface area contributed by atoms with E-state index in [0.29, 0.717) is 24.2 Å². The van der Waals surface area contributed by atoms with Crippen molar-refractivity contribution in [1.82, 2.24) is 20.2 Å². The molecule has 2 aromatic heterocycles. The van der Waals surface area contributed by atoms with Crippen LogP contribution in [0.25, 0.3) is 6.08 Å². The topological polar surface area (TPSA) is 186 Å². The number of pyridine rings is 1. The fraction of sp³-hybridized carbons (Fsp3) is 0.370. The SMILES string of the molecule is CCC(CC)C(=O)OC(C)OC(=O)C1=C(/C=C\c2cccnc2)CS[C@@H]2[C@H](NC(=O)C(=NO)c3csc(N)n3)C(=O)N12. The van der Waals surface area contributed by atoms with Crippen molar-refractivity contribution in [2.75, 3.05) is 11.5 Å². The minimum atomic E-state index is -1.20. The van der Waals surface area contributed by atoms with Crippen LogP contribution < -0.4 is 11.1 Å². The number of thioether (sulfide) groups is 1. The molecule has 13 nitrogen and oxygen atoms in total. The number of ether oxygens (including phenoxy) is 2. The maximum atomic E-state index is 13.4. The zero-order valence-electron chi connectivity index (χ0n) is 23.1. The summed E-state index contributed by atoms with van der Waals surface area (Å²) < 4.78 is 10.8. The van der Waals surface area contributed by atoms with Crippen LogP contribution in [-0.2, 0) is 28.7 Å². The predicted octanol–water partition coefficient (Wildman–Crippen LogP) is 2.53. The molecule has 15 heteroatoms. The number of oxime groups is 1. The van der Waals surface area contributed by atoms with Crippen molar-refractivity contribution in [2.24, 2.45) is 11.1 Å². The number of nitrogens with zero attached hydrogens (tertiary/aromatic N) is 4. The van der Waals surface area contributed by atoms with Gasteiger partial charge in [0.25, 0.3) is 11.8 Å². The number of esters is 2. The minimum Gasteiger partial charge on any atom is -0.425 e. The molecule has 42 heavy (non-hydrogen) atoms. The van der Waals surface area contributed by atoms with Crippen LogP contribution in [0.5, 0.6) is 0 Å². The van der Waals surface area contributed by atoms with E-state index in [0.717, 1.165) is 16.9 Å². The van der Waals surface area contributed by atoms with E-state index in [4.69, 9.17) is 15.2 Å². The summed E-state index contributed by atoms with van der Waals surface area (Å²) in [5, 5.41) is 16.0. The fourth-order valence-corrected chi connectivity index (χ4v) is 6.23. The van der Waals surface area contributed by atoms with Gasteiger partial charge in [0, 0.05) is 30.5 Å². The monoisotopic (exact) mass is 614 g/mol. The molecule has 0 aromatic carbocycles. The molecule has 4 heterocycles. The molecule has 2 aliphatic rings. The Morgan fingerprint density at radius 2 is 2.05 bits per heavy atom.